The second-order valence-corrected chi connectivity index (χ2v) is 4.86. The number of halogens is 2. The van der Waals surface area contributed by atoms with Crippen molar-refractivity contribution in [1.82, 2.24) is 9.80 Å². The van der Waals surface area contributed by atoms with E-state index >= 15 is 0 Å². The van der Waals surface area contributed by atoms with E-state index in [0.29, 0.717) is 13.2 Å². The number of piperazine rings is 1. The van der Waals surface area contributed by atoms with E-state index < -0.39 is 0 Å². The highest BCUT2D eigenvalue weighted by Crippen LogP contribution is 2.25. The number of nitrogens with two attached hydrogens (primary N) is 1. The molecule has 110 valence electrons. The van der Waals surface area contributed by atoms with Crippen molar-refractivity contribution < 1.29 is 4.74 Å². The van der Waals surface area contributed by atoms with E-state index in [9.17, 15) is 0 Å². The Morgan fingerprint density at radius 3 is 2.17 bits per heavy atom. The highest BCUT2D eigenvalue weighted by molar-refractivity contribution is 5.85. The summed E-state index contributed by atoms with van der Waals surface area (Å²) in [5, 5.41) is 0. The molecule has 0 bridgehead atoms. The summed E-state index contributed by atoms with van der Waals surface area (Å²) in [6.07, 6.45) is 4.30. The normalized spacial score (nSPS) is 21.8. The third-order valence-electron chi connectivity index (χ3n) is 3.81. The van der Waals surface area contributed by atoms with E-state index in [2.05, 4.69) is 9.80 Å². The molecular weight excluding hydrogens is 273 g/mol. The SMILES string of the molecule is Cl.Cl.NCCOCCN1CCN(C2CCC2)CC1. The Balaban J connectivity index is 0.00000144. The first-order chi connectivity index (χ1) is 7.90. The van der Waals surface area contributed by atoms with Crippen LogP contribution in [0.5, 0.6) is 0 Å². The van der Waals surface area contributed by atoms with Crippen LogP contribution >= 0.6 is 24.8 Å². The Hall–Kier alpha value is 0.420. The lowest BCUT2D eigenvalue weighted by atomic mass is 9.91. The first-order valence-corrected chi connectivity index (χ1v) is 6.64. The van der Waals surface area contributed by atoms with E-state index in [4.69, 9.17) is 10.5 Å². The average Bonchev–Trinajstić information content (AvgIpc) is 2.24. The number of nitrogens with zero attached hydrogens (tertiary/aromatic N) is 2. The summed E-state index contributed by atoms with van der Waals surface area (Å²) in [7, 11) is 0. The first kappa shape index (κ1) is 18.4. The quantitative estimate of drug-likeness (QED) is 0.743. The van der Waals surface area contributed by atoms with Crippen molar-refractivity contribution in [1.29, 1.82) is 0 Å². The highest BCUT2D eigenvalue weighted by atomic mass is 35.5. The lowest BCUT2D eigenvalue weighted by Gasteiger charge is -2.42. The molecule has 0 aromatic heterocycles. The van der Waals surface area contributed by atoms with Crippen molar-refractivity contribution >= 4 is 24.8 Å². The van der Waals surface area contributed by atoms with Gasteiger partial charge in [0.15, 0.2) is 0 Å². The molecule has 2 rings (SSSR count). The Morgan fingerprint density at radius 1 is 1.00 bits per heavy atom. The van der Waals surface area contributed by atoms with E-state index in [0.717, 1.165) is 19.2 Å². The van der Waals surface area contributed by atoms with Gasteiger partial charge in [-0.05, 0) is 12.8 Å². The molecule has 2 fully saturated rings. The molecule has 0 atom stereocenters. The Labute approximate surface area is 123 Å². The summed E-state index contributed by atoms with van der Waals surface area (Å²) in [6, 6.07) is 0.913. The molecule has 2 N–H and O–H groups in total. The molecule has 0 aromatic carbocycles. The van der Waals surface area contributed by atoms with Crippen LogP contribution in [0.25, 0.3) is 0 Å². The zero-order valence-corrected chi connectivity index (χ0v) is 12.7. The van der Waals surface area contributed by atoms with Crippen LogP contribution in [0.15, 0.2) is 0 Å². The smallest absolute Gasteiger partial charge is 0.0594 e. The molecule has 6 heteroatoms. The van der Waals surface area contributed by atoms with Crippen LogP contribution in [0.3, 0.4) is 0 Å². The zero-order valence-electron chi connectivity index (χ0n) is 11.1. The lowest BCUT2D eigenvalue weighted by Crippen LogP contribution is -2.52. The molecule has 0 spiro atoms. The maximum atomic E-state index is 5.41. The molecule has 1 aliphatic heterocycles. The van der Waals surface area contributed by atoms with Crippen LogP contribution in [-0.4, -0.2) is 68.3 Å². The number of ether oxygens (including phenoxy) is 1. The fraction of sp³-hybridized carbons (Fsp3) is 1.00. The van der Waals surface area contributed by atoms with Crippen LogP contribution in [0.1, 0.15) is 19.3 Å². The number of rotatable bonds is 6. The highest BCUT2D eigenvalue weighted by Gasteiger charge is 2.27. The predicted molar refractivity (Wildman–Crippen MR) is 80.0 cm³/mol. The van der Waals surface area contributed by atoms with Gasteiger partial charge >= 0.3 is 0 Å². The molecule has 0 aromatic rings. The molecule has 0 unspecified atom stereocenters. The Bertz CT molecular complexity index is 198. The molecule has 0 amide bonds. The van der Waals surface area contributed by atoms with Gasteiger partial charge in [-0.2, -0.15) is 0 Å². The molecule has 1 heterocycles. The molecule has 1 aliphatic carbocycles. The van der Waals surface area contributed by atoms with Crippen molar-refractivity contribution in [2.75, 3.05) is 52.5 Å². The van der Waals surface area contributed by atoms with Gasteiger partial charge < -0.3 is 10.5 Å². The van der Waals surface area contributed by atoms with Crippen molar-refractivity contribution in [3.63, 3.8) is 0 Å². The van der Waals surface area contributed by atoms with Gasteiger partial charge in [-0.25, -0.2) is 0 Å². The van der Waals surface area contributed by atoms with E-state index in [1.807, 2.05) is 0 Å². The van der Waals surface area contributed by atoms with Gasteiger partial charge in [0.1, 0.15) is 0 Å². The molecule has 18 heavy (non-hydrogen) atoms. The summed E-state index contributed by atoms with van der Waals surface area (Å²) in [5.41, 5.74) is 5.38. The maximum absolute atomic E-state index is 5.41. The first-order valence-electron chi connectivity index (χ1n) is 6.64. The molecule has 2 aliphatic rings. The monoisotopic (exact) mass is 299 g/mol. The summed E-state index contributed by atoms with van der Waals surface area (Å²) >= 11 is 0. The Kier molecular flexibility index (Phi) is 10.5. The summed E-state index contributed by atoms with van der Waals surface area (Å²) in [5.74, 6) is 0. The number of hydrogen-bond donors (Lipinski definition) is 1. The fourth-order valence-electron chi connectivity index (χ4n) is 2.48. The van der Waals surface area contributed by atoms with E-state index in [1.54, 1.807) is 0 Å². The average molecular weight is 300 g/mol. The molecular formula is C12H27Cl2N3O. The van der Waals surface area contributed by atoms with Crippen LogP contribution in [0.4, 0.5) is 0 Å². The summed E-state index contributed by atoms with van der Waals surface area (Å²) in [6.45, 7) is 8.16. The van der Waals surface area contributed by atoms with Crippen LogP contribution in [0.2, 0.25) is 0 Å². The number of hydrogen-bond acceptors (Lipinski definition) is 4. The molecule has 0 radical (unpaired) electrons. The Morgan fingerprint density at radius 2 is 1.67 bits per heavy atom. The van der Waals surface area contributed by atoms with Crippen LogP contribution < -0.4 is 5.73 Å². The predicted octanol–water partition coefficient (Wildman–Crippen LogP) is 0.975. The largest absolute Gasteiger partial charge is 0.379 e. The van der Waals surface area contributed by atoms with Crippen molar-refractivity contribution in [3.05, 3.63) is 0 Å². The van der Waals surface area contributed by atoms with Gasteiger partial charge in [0, 0.05) is 45.3 Å². The third-order valence-corrected chi connectivity index (χ3v) is 3.81. The zero-order chi connectivity index (χ0) is 11.2. The summed E-state index contributed by atoms with van der Waals surface area (Å²) in [4.78, 5) is 5.17. The molecule has 1 saturated carbocycles. The fourth-order valence-corrected chi connectivity index (χ4v) is 2.48. The minimum absolute atomic E-state index is 0. The topological polar surface area (TPSA) is 41.7 Å². The van der Waals surface area contributed by atoms with E-state index in [1.165, 1.54) is 45.4 Å². The molecule has 4 nitrogen and oxygen atoms in total. The van der Waals surface area contributed by atoms with Gasteiger partial charge in [0.25, 0.3) is 0 Å². The minimum atomic E-state index is 0. The van der Waals surface area contributed by atoms with Gasteiger partial charge in [0.2, 0.25) is 0 Å². The van der Waals surface area contributed by atoms with E-state index in [-0.39, 0.29) is 24.8 Å². The third kappa shape index (κ3) is 5.59. The summed E-state index contributed by atoms with van der Waals surface area (Å²) < 4.78 is 5.41. The van der Waals surface area contributed by atoms with Crippen LogP contribution in [0, 0.1) is 0 Å². The van der Waals surface area contributed by atoms with Gasteiger partial charge in [-0.1, -0.05) is 6.42 Å². The minimum Gasteiger partial charge on any atom is -0.379 e. The van der Waals surface area contributed by atoms with Gasteiger partial charge in [-0.3, -0.25) is 9.80 Å². The second-order valence-electron chi connectivity index (χ2n) is 4.86. The van der Waals surface area contributed by atoms with Crippen LogP contribution in [-0.2, 0) is 4.74 Å². The second kappa shape index (κ2) is 10.2. The van der Waals surface area contributed by atoms with Gasteiger partial charge in [0.05, 0.1) is 13.2 Å². The van der Waals surface area contributed by atoms with Crippen molar-refractivity contribution in [2.45, 2.75) is 25.3 Å². The standard InChI is InChI=1S/C12H25N3O.2ClH/c13-4-10-16-11-9-14-5-7-15(8-6-14)12-2-1-3-12;;/h12H,1-11,13H2;2*1H. The van der Waals surface area contributed by atoms with Crippen molar-refractivity contribution in [3.8, 4) is 0 Å². The maximum Gasteiger partial charge on any atom is 0.0594 e. The lowest BCUT2D eigenvalue weighted by molar-refractivity contribution is 0.0433. The van der Waals surface area contributed by atoms with Crippen molar-refractivity contribution in [2.24, 2.45) is 5.73 Å². The van der Waals surface area contributed by atoms with Gasteiger partial charge in [-0.15, -0.1) is 24.8 Å². The molecule has 1 saturated heterocycles.